The molecule has 0 fully saturated rings. The van der Waals surface area contributed by atoms with Crippen molar-refractivity contribution in [1.82, 2.24) is 0 Å². The van der Waals surface area contributed by atoms with Crippen LogP contribution in [0, 0.1) is 0 Å². The van der Waals surface area contributed by atoms with Crippen molar-refractivity contribution < 1.29 is 4.74 Å². The van der Waals surface area contributed by atoms with E-state index in [0.717, 1.165) is 0 Å². The van der Waals surface area contributed by atoms with Crippen molar-refractivity contribution in [3.63, 3.8) is 0 Å². The number of ether oxygens (including phenoxy) is 1. The lowest BCUT2D eigenvalue weighted by atomic mass is 10.7. The van der Waals surface area contributed by atoms with Crippen LogP contribution in [0.1, 0.15) is 0 Å². The highest BCUT2D eigenvalue weighted by Gasteiger charge is 1.65. The van der Waals surface area contributed by atoms with Crippen molar-refractivity contribution in [2.45, 2.75) is 0 Å². The van der Waals surface area contributed by atoms with Gasteiger partial charge < -0.3 is 10.1 Å². The monoisotopic (exact) mass is 100 g/mol. The van der Waals surface area contributed by atoms with Crippen molar-refractivity contribution in [3.05, 3.63) is 18.0 Å². The van der Waals surface area contributed by atoms with Crippen LogP contribution < -0.4 is 0 Å². The molecule has 0 aliphatic rings. The average molecular weight is 100 g/mol. The molecule has 0 unspecified atom stereocenters. The van der Waals surface area contributed by atoms with Crippen LogP contribution >= 0.6 is 0 Å². The van der Waals surface area contributed by atoms with Crippen LogP contribution in [0.3, 0.4) is 0 Å². The van der Waals surface area contributed by atoms with E-state index in [4.69, 9.17) is 4.74 Å². The summed E-state index contributed by atoms with van der Waals surface area (Å²) in [5.41, 5.74) is 0. The second-order valence-corrected chi connectivity index (χ2v) is 1.10. The predicted molar refractivity (Wildman–Crippen MR) is 30.3 cm³/mol. The fourth-order valence-corrected chi connectivity index (χ4v) is 0.227. The van der Waals surface area contributed by atoms with Crippen LogP contribution in [-0.2, 0) is 4.74 Å². The van der Waals surface area contributed by atoms with Crippen LogP contribution in [0.15, 0.2) is 12.7 Å². The van der Waals surface area contributed by atoms with Gasteiger partial charge in [0, 0.05) is 0 Å². The van der Waals surface area contributed by atoms with E-state index >= 15 is 0 Å². The summed E-state index contributed by atoms with van der Waals surface area (Å²) in [4.78, 5) is 0. The van der Waals surface area contributed by atoms with Gasteiger partial charge in [-0.25, -0.2) is 0 Å². The normalized spacial score (nSPS) is 8.71. The van der Waals surface area contributed by atoms with E-state index in [-0.39, 0.29) is 0 Å². The van der Waals surface area contributed by atoms with Crippen LogP contribution in [0.25, 0.3) is 5.32 Å². The van der Waals surface area contributed by atoms with E-state index in [1.54, 1.807) is 13.1 Å². The average Bonchev–Trinajstić information content (AvgIpc) is 1.69. The first-order valence-corrected chi connectivity index (χ1v) is 2.16. The second kappa shape index (κ2) is 5.66. The largest absolute Gasteiger partial charge is 0.642 e. The van der Waals surface area contributed by atoms with Crippen LogP contribution in [0.5, 0.6) is 0 Å². The lowest BCUT2D eigenvalue weighted by Crippen LogP contribution is -1.89. The first kappa shape index (κ1) is 6.66. The third-order valence-corrected chi connectivity index (χ3v) is 0.456. The van der Waals surface area contributed by atoms with Crippen LogP contribution in [0.2, 0.25) is 0 Å². The lowest BCUT2D eigenvalue weighted by molar-refractivity contribution is 0.188. The Morgan fingerprint density at radius 2 is 2.57 bits per heavy atom. The van der Waals surface area contributed by atoms with Gasteiger partial charge in [-0.1, -0.05) is 6.08 Å². The highest BCUT2D eigenvalue weighted by molar-refractivity contribution is 4.67. The number of hydrogen-bond acceptors (Lipinski definition) is 1. The molecular formula is C5H10NO-. The highest BCUT2D eigenvalue weighted by atomic mass is 16.5. The molecule has 42 valence electrons. The van der Waals surface area contributed by atoms with E-state index in [1.807, 2.05) is 0 Å². The molecular weight excluding hydrogens is 90.1 g/mol. The predicted octanol–water partition coefficient (Wildman–Crippen LogP) is 1.15. The summed E-state index contributed by atoms with van der Waals surface area (Å²) in [5.74, 6) is 0. The zero-order valence-electron chi connectivity index (χ0n) is 4.55. The minimum Gasteiger partial charge on any atom is -0.642 e. The molecule has 0 aliphatic heterocycles. The SMILES string of the molecule is C=CCOC[N-]C. The van der Waals surface area contributed by atoms with Gasteiger partial charge in [-0.05, 0) is 6.73 Å². The van der Waals surface area contributed by atoms with Gasteiger partial charge in [-0.2, -0.15) is 7.05 Å². The molecule has 0 heterocycles. The third kappa shape index (κ3) is 5.66. The fourth-order valence-electron chi connectivity index (χ4n) is 0.227. The zero-order chi connectivity index (χ0) is 5.54. The molecule has 0 amide bonds. The molecule has 0 aliphatic carbocycles. The lowest BCUT2D eigenvalue weighted by Gasteiger charge is -2.08. The Morgan fingerprint density at radius 3 is 3.00 bits per heavy atom. The molecule has 0 radical (unpaired) electrons. The fraction of sp³-hybridized carbons (Fsp3) is 0.600. The Kier molecular flexibility index (Phi) is 5.39. The molecule has 0 aromatic carbocycles. The molecule has 0 atom stereocenters. The van der Waals surface area contributed by atoms with E-state index < -0.39 is 0 Å². The van der Waals surface area contributed by atoms with E-state index in [0.29, 0.717) is 13.3 Å². The Bertz CT molecular complexity index is 45.3. The van der Waals surface area contributed by atoms with Crippen molar-refractivity contribution in [2.75, 3.05) is 20.4 Å². The number of rotatable bonds is 4. The third-order valence-electron chi connectivity index (χ3n) is 0.456. The molecule has 0 bridgehead atoms. The van der Waals surface area contributed by atoms with Gasteiger partial charge >= 0.3 is 0 Å². The number of hydrogen-bond donors (Lipinski definition) is 0. The Morgan fingerprint density at radius 1 is 1.86 bits per heavy atom. The van der Waals surface area contributed by atoms with Gasteiger partial charge in [-0.3, -0.25) is 0 Å². The summed E-state index contributed by atoms with van der Waals surface area (Å²) >= 11 is 0. The van der Waals surface area contributed by atoms with Gasteiger partial charge in [0.1, 0.15) is 0 Å². The number of nitrogens with zero attached hydrogens (tertiary/aromatic N) is 1. The maximum Gasteiger partial charge on any atom is 0.0621 e. The van der Waals surface area contributed by atoms with E-state index in [2.05, 4.69) is 11.9 Å². The quantitative estimate of drug-likeness (QED) is 0.384. The van der Waals surface area contributed by atoms with Crippen molar-refractivity contribution >= 4 is 0 Å². The van der Waals surface area contributed by atoms with Crippen LogP contribution in [0.4, 0.5) is 0 Å². The summed E-state index contributed by atoms with van der Waals surface area (Å²) in [5, 5.41) is 3.70. The van der Waals surface area contributed by atoms with Gasteiger partial charge in [0.25, 0.3) is 0 Å². The maximum absolute atomic E-state index is 4.85. The van der Waals surface area contributed by atoms with Crippen molar-refractivity contribution in [2.24, 2.45) is 0 Å². The Labute approximate surface area is 44.2 Å². The van der Waals surface area contributed by atoms with E-state index in [9.17, 15) is 0 Å². The van der Waals surface area contributed by atoms with Gasteiger partial charge in [0.05, 0.1) is 6.61 Å². The first-order chi connectivity index (χ1) is 3.41. The molecule has 0 saturated carbocycles. The minimum atomic E-state index is 0.478. The van der Waals surface area contributed by atoms with Gasteiger partial charge in [0.2, 0.25) is 0 Å². The molecule has 0 rings (SSSR count). The Balaban J connectivity index is 2.56. The Hall–Kier alpha value is -0.340. The maximum atomic E-state index is 4.85. The van der Waals surface area contributed by atoms with Crippen molar-refractivity contribution in [1.29, 1.82) is 0 Å². The highest BCUT2D eigenvalue weighted by Crippen LogP contribution is 1.78. The molecule has 2 heteroatoms. The smallest absolute Gasteiger partial charge is 0.0621 e. The molecule has 0 aromatic heterocycles. The van der Waals surface area contributed by atoms with E-state index in [1.165, 1.54) is 0 Å². The molecule has 7 heavy (non-hydrogen) atoms. The summed E-state index contributed by atoms with van der Waals surface area (Å²) in [6, 6.07) is 0. The summed E-state index contributed by atoms with van der Waals surface area (Å²) in [6.45, 7) is 4.54. The zero-order valence-corrected chi connectivity index (χ0v) is 4.55. The molecule has 2 nitrogen and oxygen atoms in total. The van der Waals surface area contributed by atoms with Crippen LogP contribution in [-0.4, -0.2) is 20.4 Å². The van der Waals surface area contributed by atoms with Gasteiger partial charge in [0.15, 0.2) is 0 Å². The standard InChI is InChI=1S/C5H10NO/c1-3-4-7-5-6-2/h3H,1,4-5H2,2H3/q-1. The topological polar surface area (TPSA) is 23.3 Å². The molecule has 0 spiro atoms. The molecule has 0 N–H and O–H groups in total. The molecule has 0 aromatic rings. The molecule has 0 saturated heterocycles. The first-order valence-electron chi connectivity index (χ1n) is 2.16. The van der Waals surface area contributed by atoms with Crippen molar-refractivity contribution in [3.8, 4) is 0 Å². The second-order valence-electron chi connectivity index (χ2n) is 1.10. The van der Waals surface area contributed by atoms with Gasteiger partial charge in [-0.15, -0.1) is 6.58 Å². The summed E-state index contributed by atoms with van der Waals surface area (Å²) in [7, 11) is 1.71. The minimum absolute atomic E-state index is 0.478. The summed E-state index contributed by atoms with van der Waals surface area (Å²) in [6.07, 6.45) is 1.70. The summed E-state index contributed by atoms with van der Waals surface area (Å²) < 4.78 is 4.85.